The standard InChI is InChI=1S/C9H15N3OS/c10-12-9-6-8(2-3-11-9)7-14-5-1-4-13/h2-3,6,13H,1,4-5,7,10H2,(H,11,12). The Morgan fingerprint density at radius 2 is 2.43 bits per heavy atom. The number of nitrogens with one attached hydrogen (secondary N) is 1. The fraction of sp³-hybridized carbons (Fsp3) is 0.444. The highest BCUT2D eigenvalue weighted by atomic mass is 32.2. The topological polar surface area (TPSA) is 71.2 Å². The van der Waals surface area contributed by atoms with Crippen LogP contribution < -0.4 is 11.3 Å². The number of hydrogen-bond acceptors (Lipinski definition) is 5. The lowest BCUT2D eigenvalue weighted by Crippen LogP contribution is -2.08. The van der Waals surface area contributed by atoms with Crippen molar-refractivity contribution in [1.29, 1.82) is 0 Å². The van der Waals surface area contributed by atoms with E-state index in [1.54, 1.807) is 18.0 Å². The molecule has 5 heteroatoms. The fourth-order valence-corrected chi connectivity index (χ4v) is 1.89. The molecule has 78 valence electrons. The van der Waals surface area contributed by atoms with Crippen molar-refractivity contribution in [3.8, 4) is 0 Å². The molecule has 1 heterocycles. The molecule has 14 heavy (non-hydrogen) atoms. The summed E-state index contributed by atoms with van der Waals surface area (Å²) >= 11 is 1.79. The third-order valence-electron chi connectivity index (χ3n) is 1.69. The molecule has 0 radical (unpaired) electrons. The number of anilines is 1. The minimum Gasteiger partial charge on any atom is -0.396 e. The van der Waals surface area contributed by atoms with Gasteiger partial charge in [-0.25, -0.2) is 10.8 Å². The lowest BCUT2D eigenvalue weighted by molar-refractivity contribution is 0.296. The van der Waals surface area contributed by atoms with Gasteiger partial charge in [0, 0.05) is 18.6 Å². The Balaban J connectivity index is 2.34. The van der Waals surface area contributed by atoms with E-state index in [0.29, 0.717) is 5.82 Å². The molecule has 0 saturated heterocycles. The second-order valence-corrected chi connectivity index (χ2v) is 3.93. The summed E-state index contributed by atoms with van der Waals surface area (Å²) in [6.45, 7) is 0.263. The van der Waals surface area contributed by atoms with Gasteiger partial charge in [0.2, 0.25) is 0 Å². The Morgan fingerprint density at radius 3 is 3.14 bits per heavy atom. The Hall–Kier alpha value is -0.780. The minimum atomic E-state index is 0.263. The number of aliphatic hydroxyl groups excluding tert-OH is 1. The van der Waals surface area contributed by atoms with E-state index in [0.717, 1.165) is 17.9 Å². The zero-order chi connectivity index (χ0) is 10.2. The van der Waals surface area contributed by atoms with Gasteiger partial charge in [0.1, 0.15) is 5.82 Å². The first-order chi connectivity index (χ1) is 6.86. The van der Waals surface area contributed by atoms with E-state index in [-0.39, 0.29) is 6.61 Å². The van der Waals surface area contributed by atoms with Crippen molar-refractivity contribution in [2.75, 3.05) is 17.8 Å². The van der Waals surface area contributed by atoms with Crippen LogP contribution in [0.2, 0.25) is 0 Å². The van der Waals surface area contributed by atoms with Crippen LogP contribution in [0.1, 0.15) is 12.0 Å². The van der Waals surface area contributed by atoms with Crippen molar-refractivity contribution in [3.05, 3.63) is 23.9 Å². The second kappa shape index (κ2) is 6.64. The molecule has 0 atom stereocenters. The van der Waals surface area contributed by atoms with E-state index in [4.69, 9.17) is 10.9 Å². The molecule has 4 nitrogen and oxygen atoms in total. The van der Waals surface area contributed by atoms with Crippen LogP contribution in [0.4, 0.5) is 5.82 Å². The molecule has 0 bridgehead atoms. The van der Waals surface area contributed by atoms with E-state index >= 15 is 0 Å². The first-order valence-electron chi connectivity index (χ1n) is 4.47. The van der Waals surface area contributed by atoms with Crippen LogP contribution in [0.15, 0.2) is 18.3 Å². The maximum Gasteiger partial charge on any atom is 0.140 e. The maximum atomic E-state index is 8.60. The summed E-state index contributed by atoms with van der Waals surface area (Å²) in [5, 5.41) is 8.60. The molecular formula is C9H15N3OS. The van der Waals surface area contributed by atoms with Crippen LogP contribution in [0.25, 0.3) is 0 Å². The number of thioether (sulfide) groups is 1. The van der Waals surface area contributed by atoms with Crippen molar-refractivity contribution in [2.45, 2.75) is 12.2 Å². The summed E-state index contributed by atoms with van der Waals surface area (Å²) in [7, 11) is 0. The molecule has 1 rings (SSSR count). The van der Waals surface area contributed by atoms with E-state index in [1.165, 1.54) is 5.56 Å². The summed E-state index contributed by atoms with van der Waals surface area (Å²) < 4.78 is 0. The largest absolute Gasteiger partial charge is 0.396 e. The first kappa shape index (κ1) is 11.3. The number of hydrogen-bond donors (Lipinski definition) is 3. The molecule has 0 unspecified atom stereocenters. The molecule has 0 aromatic carbocycles. The van der Waals surface area contributed by atoms with Crippen LogP contribution in [-0.2, 0) is 5.75 Å². The lowest BCUT2D eigenvalue weighted by Gasteiger charge is -2.03. The number of hydrazine groups is 1. The van der Waals surface area contributed by atoms with Gasteiger partial charge >= 0.3 is 0 Å². The molecule has 0 fully saturated rings. The quantitative estimate of drug-likeness (QED) is 0.373. The van der Waals surface area contributed by atoms with E-state index in [1.807, 2.05) is 12.1 Å². The number of aromatic nitrogens is 1. The minimum absolute atomic E-state index is 0.263. The van der Waals surface area contributed by atoms with Gasteiger partial charge in [-0.15, -0.1) is 0 Å². The summed E-state index contributed by atoms with van der Waals surface area (Å²) in [5.74, 6) is 7.83. The van der Waals surface area contributed by atoms with Gasteiger partial charge < -0.3 is 10.5 Å². The molecule has 0 spiro atoms. The number of nitrogen functional groups attached to an aromatic ring is 1. The molecule has 0 aliphatic rings. The Kier molecular flexibility index (Phi) is 5.36. The van der Waals surface area contributed by atoms with Crippen LogP contribution >= 0.6 is 11.8 Å². The molecule has 4 N–H and O–H groups in total. The molecule has 0 saturated carbocycles. The van der Waals surface area contributed by atoms with Crippen molar-refractivity contribution < 1.29 is 5.11 Å². The van der Waals surface area contributed by atoms with Gasteiger partial charge in [-0.05, 0) is 29.9 Å². The van der Waals surface area contributed by atoms with Crippen LogP contribution in [0.3, 0.4) is 0 Å². The van der Waals surface area contributed by atoms with Crippen molar-refractivity contribution in [1.82, 2.24) is 4.98 Å². The van der Waals surface area contributed by atoms with Gasteiger partial charge in [-0.3, -0.25) is 0 Å². The Morgan fingerprint density at radius 1 is 1.57 bits per heavy atom. The monoisotopic (exact) mass is 213 g/mol. The van der Waals surface area contributed by atoms with Crippen molar-refractivity contribution in [3.63, 3.8) is 0 Å². The van der Waals surface area contributed by atoms with E-state index in [9.17, 15) is 0 Å². The van der Waals surface area contributed by atoms with E-state index < -0.39 is 0 Å². The van der Waals surface area contributed by atoms with Crippen LogP contribution in [0.5, 0.6) is 0 Å². The van der Waals surface area contributed by atoms with Crippen LogP contribution in [-0.4, -0.2) is 22.5 Å². The highest BCUT2D eigenvalue weighted by molar-refractivity contribution is 7.98. The third kappa shape index (κ3) is 3.95. The molecular weight excluding hydrogens is 198 g/mol. The SMILES string of the molecule is NNc1cc(CSCCCO)ccn1. The van der Waals surface area contributed by atoms with Gasteiger partial charge in [0.05, 0.1) is 0 Å². The molecule has 0 aliphatic heterocycles. The number of pyridine rings is 1. The van der Waals surface area contributed by atoms with E-state index in [2.05, 4.69) is 10.4 Å². The lowest BCUT2D eigenvalue weighted by atomic mass is 10.3. The molecule has 0 amide bonds. The predicted molar refractivity (Wildman–Crippen MR) is 59.9 cm³/mol. The highest BCUT2D eigenvalue weighted by Gasteiger charge is 1.96. The predicted octanol–water partition coefficient (Wildman–Crippen LogP) is 0.983. The highest BCUT2D eigenvalue weighted by Crippen LogP contribution is 2.14. The fourth-order valence-electron chi connectivity index (χ4n) is 1.000. The van der Waals surface area contributed by atoms with Crippen molar-refractivity contribution >= 4 is 17.6 Å². The number of nitrogens with zero attached hydrogens (tertiary/aromatic N) is 1. The van der Waals surface area contributed by atoms with Gasteiger partial charge in [0.25, 0.3) is 0 Å². The van der Waals surface area contributed by atoms with Crippen molar-refractivity contribution in [2.24, 2.45) is 5.84 Å². The zero-order valence-electron chi connectivity index (χ0n) is 7.94. The van der Waals surface area contributed by atoms with Gasteiger partial charge in [0.15, 0.2) is 0 Å². The van der Waals surface area contributed by atoms with Gasteiger partial charge in [-0.1, -0.05) is 0 Å². The zero-order valence-corrected chi connectivity index (χ0v) is 8.76. The molecule has 1 aromatic rings. The Labute approximate surface area is 87.9 Å². The summed E-state index contributed by atoms with van der Waals surface area (Å²) in [4.78, 5) is 4.02. The van der Waals surface area contributed by atoms with Gasteiger partial charge in [-0.2, -0.15) is 11.8 Å². The molecule has 1 aromatic heterocycles. The number of nitrogens with two attached hydrogens (primary N) is 1. The first-order valence-corrected chi connectivity index (χ1v) is 5.62. The second-order valence-electron chi connectivity index (χ2n) is 2.82. The summed E-state index contributed by atoms with van der Waals surface area (Å²) in [6.07, 6.45) is 2.58. The van der Waals surface area contributed by atoms with Crippen LogP contribution in [0, 0.1) is 0 Å². The number of rotatable bonds is 6. The normalized spacial score (nSPS) is 10.1. The number of aliphatic hydroxyl groups is 1. The molecule has 0 aliphatic carbocycles. The smallest absolute Gasteiger partial charge is 0.140 e. The third-order valence-corrected chi connectivity index (χ3v) is 2.80. The Bertz CT molecular complexity index is 270. The average Bonchev–Trinajstić information content (AvgIpc) is 2.25. The summed E-state index contributed by atoms with van der Waals surface area (Å²) in [6, 6.07) is 3.89. The summed E-state index contributed by atoms with van der Waals surface area (Å²) in [5.41, 5.74) is 3.70. The maximum absolute atomic E-state index is 8.60. The average molecular weight is 213 g/mol.